The van der Waals surface area contributed by atoms with Gasteiger partial charge in [-0.25, -0.2) is 12.7 Å². The summed E-state index contributed by atoms with van der Waals surface area (Å²) in [7, 11) is -3.06. The number of rotatable bonds is 1. The van der Waals surface area contributed by atoms with Gasteiger partial charge in [0.1, 0.15) is 0 Å². The predicted octanol–water partition coefficient (Wildman–Crippen LogP) is -0.351. The quantitative estimate of drug-likeness (QED) is 0.619. The maximum absolute atomic E-state index is 11.1. The van der Waals surface area contributed by atoms with Crippen molar-refractivity contribution >= 4 is 10.0 Å². The minimum atomic E-state index is -3.06. The highest BCUT2D eigenvalue weighted by atomic mass is 32.2. The lowest BCUT2D eigenvalue weighted by molar-refractivity contribution is 0.0631. The smallest absolute Gasteiger partial charge is 0.211 e. The highest BCUT2D eigenvalue weighted by Gasteiger charge is 2.28. The van der Waals surface area contributed by atoms with Gasteiger partial charge in [-0.2, -0.15) is 0 Å². The highest BCUT2D eigenvalue weighted by molar-refractivity contribution is 7.88. The Morgan fingerprint density at radius 2 is 2.08 bits per heavy atom. The van der Waals surface area contributed by atoms with Crippen LogP contribution in [0.2, 0.25) is 0 Å². The Labute approximate surface area is 73.2 Å². The Balaban J connectivity index is 2.64. The lowest BCUT2D eigenvalue weighted by Gasteiger charge is -2.32. The first kappa shape index (κ1) is 9.95. The van der Waals surface area contributed by atoms with Crippen LogP contribution in [0.1, 0.15) is 13.3 Å². The molecule has 1 rings (SSSR count). The molecule has 5 heteroatoms. The molecule has 0 aliphatic carbocycles. The molecule has 0 aromatic heterocycles. The largest absolute Gasteiger partial charge is 0.393 e. The molecule has 2 atom stereocenters. The standard InChI is InChI=1S/C7H15NO3S/c1-6-5-8(12(2,10)11)4-3-7(6)9/h6-7,9H,3-5H2,1-2H3. The molecule has 0 spiro atoms. The average molecular weight is 193 g/mol. The summed E-state index contributed by atoms with van der Waals surface area (Å²) >= 11 is 0. The van der Waals surface area contributed by atoms with E-state index in [0.717, 1.165) is 0 Å². The van der Waals surface area contributed by atoms with E-state index in [0.29, 0.717) is 19.5 Å². The van der Waals surface area contributed by atoms with Crippen LogP contribution in [0, 0.1) is 5.92 Å². The average Bonchev–Trinajstić information content (AvgIpc) is 1.92. The van der Waals surface area contributed by atoms with Crippen LogP contribution >= 0.6 is 0 Å². The summed E-state index contributed by atoms with van der Waals surface area (Å²) in [4.78, 5) is 0. The number of piperidine rings is 1. The van der Waals surface area contributed by atoms with Crippen LogP contribution in [-0.4, -0.2) is 43.3 Å². The van der Waals surface area contributed by atoms with Gasteiger partial charge in [0.25, 0.3) is 0 Å². The van der Waals surface area contributed by atoms with E-state index in [2.05, 4.69) is 0 Å². The predicted molar refractivity (Wildman–Crippen MR) is 46.2 cm³/mol. The summed E-state index contributed by atoms with van der Waals surface area (Å²) in [6.07, 6.45) is 1.41. The van der Waals surface area contributed by atoms with Crippen molar-refractivity contribution in [2.75, 3.05) is 19.3 Å². The molecule has 1 aliphatic rings. The maximum Gasteiger partial charge on any atom is 0.211 e. The number of aliphatic hydroxyl groups is 1. The van der Waals surface area contributed by atoms with Gasteiger partial charge in [-0.05, 0) is 12.3 Å². The lowest BCUT2D eigenvalue weighted by Crippen LogP contribution is -2.44. The van der Waals surface area contributed by atoms with Crippen molar-refractivity contribution in [2.45, 2.75) is 19.4 Å². The van der Waals surface area contributed by atoms with E-state index in [1.807, 2.05) is 6.92 Å². The highest BCUT2D eigenvalue weighted by Crippen LogP contribution is 2.18. The third kappa shape index (κ3) is 2.18. The van der Waals surface area contributed by atoms with E-state index in [9.17, 15) is 13.5 Å². The Bertz CT molecular complexity index is 249. The third-order valence-electron chi connectivity index (χ3n) is 2.29. The van der Waals surface area contributed by atoms with Crippen molar-refractivity contribution in [1.82, 2.24) is 4.31 Å². The fraction of sp³-hybridized carbons (Fsp3) is 1.00. The van der Waals surface area contributed by atoms with E-state index < -0.39 is 10.0 Å². The second kappa shape index (κ2) is 3.32. The normalized spacial score (nSPS) is 33.6. The van der Waals surface area contributed by atoms with Gasteiger partial charge in [-0.15, -0.1) is 0 Å². The van der Waals surface area contributed by atoms with Gasteiger partial charge in [0, 0.05) is 13.1 Å². The van der Waals surface area contributed by atoms with E-state index in [1.165, 1.54) is 10.6 Å². The van der Waals surface area contributed by atoms with Crippen molar-refractivity contribution < 1.29 is 13.5 Å². The van der Waals surface area contributed by atoms with Crippen LogP contribution in [0.15, 0.2) is 0 Å². The first-order valence-electron chi connectivity index (χ1n) is 4.04. The Hall–Kier alpha value is -0.130. The van der Waals surface area contributed by atoms with Crippen molar-refractivity contribution in [1.29, 1.82) is 0 Å². The van der Waals surface area contributed by atoms with Gasteiger partial charge >= 0.3 is 0 Å². The van der Waals surface area contributed by atoms with E-state index >= 15 is 0 Å². The Morgan fingerprint density at radius 1 is 1.50 bits per heavy atom. The number of sulfonamides is 1. The van der Waals surface area contributed by atoms with Crippen LogP contribution in [0.3, 0.4) is 0 Å². The van der Waals surface area contributed by atoms with Crippen LogP contribution in [0.5, 0.6) is 0 Å². The zero-order chi connectivity index (χ0) is 9.35. The summed E-state index contributed by atoms with van der Waals surface area (Å²) in [6.45, 7) is 2.76. The molecule has 1 heterocycles. The lowest BCUT2D eigenvalue weighted by atomic mass is 9.99. The Kier molecular flexibility index (Phi) is 2.75. The molecule has 1 N–H and O–H groups in total. The zero-order valence-corrected chi connectivity index (χ0v) is 8.21. The van der Waals surface area contributed by atoms with Crippen molar-refractivity contribution in [2.24, 2.45) is 5.92 Å². The minimum absolute atomic E-state index is 0.0495. The van der Waals surface area contributed by atoms with Gasteiger partial charge in [0.05, 0.1) is 12.4 Å². The molecule has 0 saturated carbocycles. The molecule has 1 aliphatic heterocycles. The summed E-state index contributed by atoms with van der Waals surface area (Å²) in [5, 5.41) is 9.34. The third-order valence-corrected chi connectivity index (χ3v) is 3.56. The number of aliphatic hydroxyl groups excluding tert-OH is 1. The second-order valence-corrected chi connectivity index (χ2v) is 5.44. The topological polar surface area (TPSA) is 57.6 Å². The SMILES string of the molecule is CC1CN(S(C)(=O)=O)CCC1O. The zero-order valence-electron chi connectivity index (χ0n) is 7.40. The van der Waals surface area contributed by atoms with Gasteiger partial charge in [0.2, 0.25) is 10.0 Å². The molecular formula is C7H15NO3S. The molecule has 72 valence electrons. The molecule has 4 nitrogen and oxygen atoms in total. The maximum atomic E-state index is 11.1. The Morgan fingerprint density at radius 3 is 2.50 bits per heavy atom. The number of nitrogens with zero attached hydrogens (tertiary/aromatic N) is 1. The molecule has 0 aromatic carbocycles. The molecule has 0 bridgehead atoms. The first-order chi connectivity index (χ1) is 5.41. The molecule has 1 fully saturated rings. The monoisotopic (exact) mass is 193 g/mol. The van der Waals surface area contributed by atoms with E-state index in [1.54, 1.807) is 0 Å². The van der Waals surface area contributed by atoms with Gasteiger partial charge < -0.3 is 5.11 Å². The van der Waals surface area contributed by atoms with Crippen LogP contribution in [-0.2, 0) is 10.0 Å². The van der Waals surface area contributed by atoms with Gasteiger partial charge in [-0.1, -0.05) is 6.92 Å². The molecular weight excluding hydrogens is 178 g/mol. The minimum Gasteiger partial charge on any atom is -0.393 e. The molecule has 0 radical (unpaired) electrons. The van der Waals surface area contributed by atoms with E-state index in [4.69, 9.17) is 0 Å². The molecule has 1 saturated heterocycles. The van der Waals surface area contributed by atoms with Crippen molar-refractivity contribution in [3.05, 3.63) is 0 Å². The number of hydrogen-bond acceptors (Lipinski definition) is 3. The summed E-state index contributed by atoms with van der Waals surface area (Å²) < 4.78 is 23.6. The molecule has 12 heavy (non-hydrogen) atoms. The van der Waals surface area contributed by atoms with Crippen LogP contribution in [0.4, 0.5) is 0 Å². The van der Waals surface area contributed by atoms with Crippen LogP contribution < -0.4 is 0 Å². The van der Waals surface area contributed by atoms with Crippen molar-refractivity contribution in [3.8, 4) is 0 Å². The van der Waals surface area contributed by atoms with Gasteiger partial charge in [0.15, 0.2) is 0 Å². The second-order valence-electron chi connectivity index (χ2n) is 3.45. The number of hydrogen-bond donors (Lipinski definition) is 1. The van der Waals surface area contributed by atoms with Crippen molar-refractivity contribution in [3.63, 3.8) is 0 Å². The fourth-order valence-corrected chi connectivity index (χ4v) is 2.34. The molecule has 0 aromatic rings. The van der Waals surface area contributed by atoms with Gasteiger partial charge in [-0.3, -0.25) is 0 Å². The summed E-state index contributed by atoms with van der Waals surface area (Å²) in [6, 6.07) is 0. The fourth-order valence-electron chi connectivity index (χ4n) is 1.40. The molecule has 0 amide bonds. The van der Waals surface area contributed by atoms with E-state index in [-0.39, 0.29) is 12.0 Å². The van der Waals surface area contributed by atoms with Crippen LogP contribution in [0.25, 0.3) is 0 Å². The molecule has 2 unspecified atom stereocenters. The summed E-state index contributed by atoms with van der Waals surface area (Å²) in [5.74, 6) is 0.0495. The first-order valence-corrected chi connectivity index (χ1v) is 5.89. The summed E-state index contributed by atoms with van der Waals surface area (Å²) in [5.41, 5.74) is 0.